The van der Waals surface area contributed by atoms with Gasteiger partial charge in [-0.1, -0.05) is 29.5 Å². The van der Waals surface area contributed by atoms with E-state index in [2.05, 4.69) is 10.3 Å². The van der Waals surface area contributed by atoms with E-state index in [1.165, 1.54) is 0 Å². The summed E-state index contributed by atoms with van der Waals surface area (Å²) in [5.74, 6) is -0.492. The number of rotatable bonds is 6. The first kappa shape index (κ1) is 14.5. The molecule has 0 aliphatic heterocycles. The van der Waals surface area contributed by atoms with E-state index in [4.69, 9.17) is 4.74 Å². The molecule has 0 saturated heterocycles. The maximum atomic E-state index is 11.7. The number of anilines is 1. The lowest BCUT2D eigenvalue weighted by molar-refractivity contribution is -0.117. The molecule has 1 heterocycles. The summed E-state index contributed by atoms with van der Waals surface area (Å²) in [6.45, 7) is 0.0431. The zero-order valence-electron chi connectivity index (χ0n) is 11.6. The molecule has 1 aliphatic carbocycles. The van der Waals surface area contributed by atoms with Crippen LogP contribution in [0.2, 0.25) is 0 Å². The van der Waals surface area contributed by atoms with Crippen LogP contribution in [0.1, 0.15) is 28.2 Å². The number of nitrogens with zero attached hydrogens (tertiary/aromatic N) is 1. The van der Waals surface area contributed by atoms with Crippen molar-refractivity contribution in [1.82, 2.24) is 4.98 Å². The van der Waals surface area contributed by atoms with Gasteiger partial charge in [0.2, 0.25) is 5.91 Å². The molecule has 3 rings (SSSR count). The summed E-state index contributed by atoms with van der Waals surface area (Å²) in [7, 11) is 0. The Hall–Kier alpha value is -2.41. The fourth-order valence-electron chi connectivity index (χ4n) is 1.89. The van der Waals surface area contributed by atoms with E-state index >= 15 is 0 Å². The molecule has 6 nitrogen and oxygen atoms in total. The average Bonchev–Trinajstić information content (AvgIpc) is 3.28. The number of ether oxygens (including phenoxy) is 1. The zero-order chi connectivity index (χ0) is 15.5. The second-order valence-electron chi connectivity index (χ2n) is 4.97. The fraction of sp³-hybridized carbons (Fsp3) is 0.267. The average molecular weight is 318 g/mol. The Morgan fingerprint density at radius 2 is 2.05 bits per heavy atom. The molecule has 0 unspecified atom stereocenters. The molecule has 22 heavy (non-hydrogen) atoms. The van der Waals surface area contributed by atoms with Gasteiger partial charge in [-0.3, -0.25) is 4.79 Å². The van der Waals surface area contributed by atoms with Crippen LogP contribution in [0.5, 0.6) is 5.75 Å². The molecule has 1 aromatic heterocycles. The van der Waals surface area contributed by atoms with Crippen molar-refractivity contribution in [3.05, 3.63) is 40.9 Å². The van der Waals surface area contributed by atoms with Gasteiger partial charge in [0.1, 0.15) is 22.9 Å². The zero-order valence-corrected chi connectivity index (χ0v) is 12.4. The summed E-state index contributed by atoms with van der Waals surface area (Å²) < 4.78 is 5.53. The molecular formula is C15H14N2O4S. The smallest absolute Gasteiger partial charge is 0.348 e. The summed E-state index contributed by atoms with van der Waals surface area (Å²) >= 11 is 0.954. The van der Waals surface area contributed by atoms with Crippen LogP contribution in [-0.4, -0.2) is 22.0 Å². The van der Waals surface area contributed by atoms with Crippen molar-refractivity contribution in [2.75, 3.05) is 5.32 Å². The molecule has 1 amide bonds. The van der Waals surface area contributed by atoms with Crippen LogP contribution in [0.4, 0.5) is 5.13 Å². The number of carbonyl (C=O) groups is 2. The van der Waals surface area contributed by atoms with Crippen molar-refractivity contribution in [3.8, 4) is 5.75 Å². The van der Waals surface area contributed by atoms with E-state index in [1.54, 1.807) is 12.1 Å². The number of amides is 1. The number of carboxylic acid groups (broad SMARTS) is 1. The normalized spacial score (nSPS) is 13.6. The van der Waals surface area contributed by atoms with Crippen LogP contribution in [0.3, 0.4) is 0 Å². The van der Waals surface area contributed by atoms with Gasteiger partial charge in [0.15, 0.2) is 5.13 Å². The Morgan fingerprint density at radius 1 is 1.32 bits per heavy atom. The Labute approximate surface area is 130 Å². The van der Waals surface area contributed by atoms with Crippen molar-refractivity contribution in [2.24, 2.45) is 5.92 Å². The van der Waals surface area contributed by atoms with Crippen molar-refractivity contribution in [3.63, 3.8) is 0 Å². The SMILES string of the molecule is O=C(O)c1sc(NC(=O)C2CC2)nc1COc1ccccc1. The molecule has 114 valence electrons. The van der Waals surface area contributed by atoms with Crippen molar-refractivity contribution >= 4 is 28.3 Å². The number of thiazole rings is 1. The number of benzene rings is 1. The minimum Gasteiger partial charge on any atom is -0.487 e. The van der Waals surface area contributed by atoms with E-state index < -0.39 is 5.97 Å². The van der Waals surface area contributed by atoms with Crippen LogP contribution in [0, 0.1) is 5.92 Å². The van der Waals surface area contributed by atoms with Crippen LogP contribution in [0.15, 0.2) is 30.3 Å². The molecule has 0 spiro atoms. The van der Waals surface area contributed by atoms with Crippen LogP contribution >= 0.6 is 11.3 Å². The van der Waals surface area contributed by atoms with Crippen LogP contribution < -0.4 is 10.1 Å². The Kier molecular flexibility index (Phi) is 4.06. The molecule has 1 aliphatic rings. The molecule has 2 aromatic rings. The minimum atomic E-state index is -1.07. The molecular weight excluding hydrogens is 304 g/mol. The third-order valence-corrected chi connectivity index (χ3v) is 4.19. The first-order valence-corrected chi connectivity index (χ1v) is 7.67. The second kappa shape index (κ2) is 6.15. The van der Waals surface area contributed by atoms with Gasteiger partial charge in [-0.2, -0.15) is 0 Å². The van der Waals surface area contributed by atoms with Gasteiger partial charge in [0.05, 0.1) is 0 Å². The van der Waals surface area contributed by atoms with Crippen molar-refractivity contribution in [2.45, 2.75) is 19.4 Å². The molecule has 7 heteroatoms. The number of carbonyl (C=O) groups excluding carboxylic acids is 1. The number of para-hydroxylation sites is 1. The van der Waals surface area contributed by atoms with Crippen molar-refractivity contribution in [1.29, 1.82) is 0 Å². The van der Waals surface area contributed by atoms with E-state index in [0.29, 0.717) is 16.6 Å². The summed E-state index contributed by atoms with van der Waals surface area (Å²) in [4.78, 5) is 27.3. The summed E-state index contributed by atoms with van der Waals surface area (Å²) in [5.41, 5.74) is 0.312. The van der Waals surface area contributed by atoms with Crippen molar-refractivity contribution < 1.29 is 19.4 Å². The topological polar surface area (TPSA) is 88.5 Å². The third kappa shape index (κ3) is 3.43. The highest BCUT2D eigenvalue weighted by atomic mass is 32.1. The number of hydrogen-bond acceptors (Lipinski definition) is 5. The number of hydrogen-bond donors (Lipinski definition) is 2. The predicted octanol–water partition coefficient (Wildman–Crippen LogP) is 2.77. The molecule has 0 atom stereocenters. The lowest BCUT2D eigenvalue weighted by Gasteiger charge is -2.04. The fourth-order valence-corrected chi connectivity index (χ4v) is 2.70. The monoisotopic (exact) mass is 318 g/mol. The summed E-state index contributed by atoms with van der Waals surface area (Å²) in [5, 5.41) is 12.2. The maximum absolute atomic E-state index is 11.7. The first-order valence-electron chi connectivity index (χ1n) is 6.85. The number of aromatic nitrogens is 1. The van der Waals surface area contributed by atoms with Gasteiger partial charge in [0, 0.05) is 5.92 Å². The molecule has 1 aromatic carbocycles. The maximum Gasteiger partial charge on any atom is 0.348 e. The Morgan fingerprint density at radius 3 is 2.68 bits per heavy atom. The summed E-state index contributed by atoms with van der Waals surface area (Å²) in [6.07, 6.45) is 1.76. The van der Waals surface area contributed by atoms with Gasteiger partial charge in [-0.05, 0) is 25.0 Å². The Bertz CT molecular complexity index is 695. The summed E-state index contributed by atoms with van der Waals surface area (Å²) in [6, 6.07) is 9.08. The first-order chi connectivity index (χ1) is 10.6. The van der Waals surface area contributed by atoms with E-state index in [-0.39, 0.29) is 23.3 Å². The molecule has 1 saturated carbocycles. The molecule has 0 radical (unpaired) electrons. The number of carboxylic acids is 1. The van der Waals surface area contributed by atoms with E-state index in [1.807, 2.05) is 18.2 Å². The third-order valence-electron chi connectivity index (χ3n) is 3.19. The second-order valence-corrected chi connectivity index (χ2v) is 5.96. The molecule has 0 bridgehead atoms. The minimum absolute atomic E-state index is 0.0428. The highest BCUT2D eigenvalue weighted by Crippen LogP contribution is 2.31. The van der Waals surface area contributed by atoms with Gasteiger partial charge >= 0.3 is 5.97 Å². The van der Waals surface area contributed by atoms with Gasteiger partial charge in [-0.15, -0.1) is 0 Å². The Balaban J connectivity index is 1.72. The number of nitrogens with one attached hydrogen (secondary N) is 1. The quantitative estimate of drug-likeness (QED) is 0.855. The largest absolute Gasteiger partial charge is 0.487 e. The van der Waals surface area contributed by atoms with E-state index in [9.17, 15) is 14.7 Å². The highest BCUT2D eigenvalue weighted by Gasteiger charge is 2.30. The van der Waals surface area contributed by atoms with Crippen LogP contribution in [0.25, 0.3) is 0 Å². The van der Waals surface area contributed by atoms with Crippen LogP contribution in [-0.2, 0) is 11.4 Å². The molecule has 1 fully saturated rings. The molecule has 2 N–H and O–H groups in total. The standard InChI is InChI=1S/C15H14N2O4S/c18-13(9-6-7-9)17-15-16-11(12(22-15)14(19)20)8-21-10-4-2-1-3-5-10/h1-5,9H,6-8H2,(H,19,20)(H,16,17,18). The predicted molar refractivity (Wildman–Crippen MR) is 81.2 cm³/mol. The lowest BCUT2D eigenvalue weighted by Crippen LogP contribution is -2.13. The van der Waals surface area contributed by atoms with Gasteiger partial charge < -0.3 is 15.2 Å². The lowest BCUT2D eigenvalue weighted by atomic mass is 10.3. The van der Waals surface area contributed by atoms with Gasteiger partial charge in [-0.25, -0.2) is 9.78 Å². The van der Waals surface area contributed by atoms with Gasteiger partial charge in [0.25, 0.3) is 0 Å². The highest BCUT2D eigenvalue weighted by molar-refractivity contribution is 7.17. The number of aromatic carboxylic acids is 1. The van der Waals surface area contributed by atoms with E-state index in [0.717, 1.165) is 24.2 Å².